The van der Waals surface area contributed by atoms with Gasteiger partial charge in [-0.25, -0.2) is 0 Å². The molecule has 1 aliphatic rings. The maximum atomic E-state index is 12.1. The molecular weight excluding hydrogens is 216 g/mol. The number of rotatable bonds is 6. The van der Waals surface area contributed by atoms with Gasteiger partial charge in [-0.1, -0.05) is 19.3 Å². The standard InChI is InChI=1S/C13H26N2O2/c1-4-17-12(16)13(8-6-5-7-9-13)14-10-11-15(2)3/h14H,4-11H2,1-3H3. The van der Waals surface area contributed by atoms with Crippen LogP contribution in [0.2, 0.25) is 0 Å². The molecule has 1 aliphatic carbocycles. The highest BCUT2D eigenvalue weighted by atomic mass is 16.5. The molecule has 1 fully saturated rings. The lowest BCUT2D eigenvalue weighted by Gasteiger charge is -2.36. The molecule has 0 heterocycles. The molecule has 100 valence electrons. The molecule has 1 saturated carbocycles. The second kappa shape index (κ2) is 6.97. The molecule has 4 nitrogen and oxygen atoms in total. The molecule has 0 aromatic heterocycles. The van der Waals surface area contributed by atoms with Gasteiger partial charge >= 0.3 is 5.97 Å². The van der Waals surface area contributed by atoms with Gasteiger partial charge in [0.05, 0.1) is 6.61 Å². The quantitative estimate of drug-likeness (QED) is 0.715. The SMILES string of the molecule is CCOC(=O)C1(NCCN(C)C)CCCCC1. The maximum absolute atomic E-state index is 12.1. The first-order valence-electron chi connectivity index (χ1n) is 6.68. The zero-order valence-electron chi connectivity index (χ0n) is 11.4. The lowest BCUT2D eigenvalue weighted by Crippen LogP contribution is -2.55. The van der Waals surface area contributed by atoms with E-state index in [0.717, 1.165) is 38.8 Å². The van der Waals surface area contributed by atoms with Crippen LogP contribution in [0.4, 0.5) is 0 Å². The molecule has 17 heavy (non-hydrogen) atoms. The van der Waals surface area contributed by atoms with E-state index in [1.165, 1.54) is 6.42 Å². The van der Waals surface area contributed by atoms with Gasteiger partial charge in [0.1, 0.15) is 5.54 Å². The van der Waals surface area contributed by atoms with Crippen molar-refractivity contribution in [3.05, 3.63) is 0 Å². The van der Waals surface area contributed by atoms with Crippen LogP contribution in [0.5, 0.6) is 0 Å². The third kappa shape index (κ3) is 4.28. The highest BCUT2D eigenvalue weighted by Gasteiger charge is 2.40. The fraction of sp³-hybridized carbons (Fsp3) is 0.923. The van der Waals surface area contributed by atoms with Gasteiger partial charge in [-0.15, -0.1) is 0 Å². The Labute approximate surface area is 105 Å². The van der Waals surface area contributed by atoms with Crippen molar-refractivity contribution < 1.29 is 9.53 Å². The average Bonchev–Trinajstić information content (AvgIpc) is 2.30. The first-order valence-corrected chi connectivity index (χ1v) is 6.68. The van der Waals surface area contributed by atoms with Crippen LogP contribution in [0.1, 0.15) is 39.0 Å². The van der Waals surface area contributed by atoms with E-state index < -0.39 is 5.54 Å². The van der Waals surface area contributed by atoms with Crippen molar-refractivity contribution in [2.45, 2.75) is 44.6 Å². The second-order valence-corrected chi connectivity index (χ2v) is 5.09. The van der Waals surface area contributed by atoms with Crippen molar-refractivity contribution in [2.75, 3.05) is 33.8 Å². The first-order chi connectivity index (χ1) is 8.10. The monoisotopic (exact) mass is 242 g/mol. The van der Waals surface area contributed by atoms with Gasteiger partial charge in [0, 0.05) is 13.1 Å². The number of likely N-dealkylation sites (N-methyl/N-ethyl adjacent to an activating group) is 1. The topological polar surface area (TPSA) is 41.6 Å². The van der Waals surface area contributed by atoms with E-state index in [0.29, 0.717) is 6.61 Å². The van der Waals surface area contributed by atoms with Crippen molar-refractivity contribution in [1.82, 2.24) is 10.2 Å². The highest BCUT2D eigenvalue weighted by Crippen LogP contribution is 2.29. The Balaban J connectivity index is 2.55. The molecule has 1 rings (SSSR count). The first kappa shape index (κ1) is 14.5. The number of carbonyl (C=O) groups is 1. The Morgan fingerprint density at radius 2 is 1.94 bits per heavy atom. The summed E-state index contributed by atoms with van der Waals surface area (Å²) in [4.78, 5) is 14.2. The Morgan fingerprint density at radius 3 is 2.47 bits per heavy atom. The summed E-state index contributed by atoms with van der Waals surface area (Å²) in [6.07, 6.45) is 5.30. The summed E-state index contributed by atoms with van der Waals surface area (Å²) in [5, 5.41) is 3.43. The highest BCUT2D eigenvalue weighted by molar-refractivity contribution is 5.81. The van der Waals surface area contributed by atoms with Crippen LogP contribution >= 0.6 is 0 Å². The summed E-state index contributed by atoms with van der Waals surface area (Å²) < 4.78 is 5.23. The minimum absolute atomic E-state index is 0.0570. The number of esters is 1. The molecule has 1 N–H and O–H groups in total. The molecule has 0 bridgehead atoms. The zero-order valence-corrected chi connectivity index (χ0v) is 11.4. The van der Waals surface area contributed by atoms with Crippen molar-refractivity contribution in [2.24, 2.45) is 0 Å². The van der Waals surface area contributed by atoms with Crippen LogP contribution in [0.3, 0.4) is 0 Å². The average molecular weight is 242 g/mol. The van der Waals surface area contributed by atoms with Crippen LogP contribution in [-0.2, 0) is 9.53 Å². The lowest BCUT2D eigenvalue weighted by molar-refractivity contribution is -0.152. The summed E-state index contributed by atoms with van der Waals surface area (Å²) in [5.74, 6) is -0.0570. The van der Waals surface area contributed by atoms with Crippen molar-refractivity contribution in [3.8, 4) is 0 Å². The molecule has 0 atom stereocenters. The number of hydrogen-bond acceptors (Lipinski definition) is 4. The minimum atomic E-state index is -0.412. The number of ether oxygens (including phenoxy) is 1. The zero-order chi connectivity index (χ0) is 12.7. The Kier molecular flexibility index (Phi) is 5.92. The lowest BCUT2D eigenvalue weighted by atomic mass is 9.81. The fourth-order valence-corrected chi connectivity index (χ4v) is 2.40. The van der Waals surface area contributed by atoms with Gasteiger partial charge in [-0.05, 0) is 33.9 Å². The van der Waals surface area contributed by atoms with E-state index in [1.807, 2.05) is 21.0 Å². The molecule has 0 aromatic rings. The minimum Gasteiger partial charge on any atom is -0.465 e. The summed E-state index contributed by atoms with van der Waals surface area (Å²) >= 11 is 0. The Hall–Kier alpha value is -0.610. The molecule has 4 heteroatoms. The molecule has 0 aromatic carbocycles. The maximum Gasteiger partial charge on any atom is 0.326 e. The third-order valence-electron chi connectivity index (χ3n) is 3.40. The largest absolute Gasteiger partial charge is 0.465 e. The number of nitrogens with one attached hydrogen (secondary N) is 1. The fourth-order valence-electron chi connectivity index (χ4n) is 2.40. The Bertz CT molecular complexity index is 236. The van der Waals surface area contributed by atoms with Crippen LogP contribution in [0, 0.1) is 0 Å². The normalized spacial score (nSPS) is 19.3. The number of carbonyl (C=O) groups excluding carboxylic acids is 1. The predicted molar refractivity (Wildman–Crippen MR) is 69.0 cm³/mol. The van der Waals surface area contributed by atoms with Crippen LogP contribution in [-0.4, -0.2) is 50.2 Å². The van der Waals surface area contributed by atoms with Gasteiger partial charge in [-0.3, -0.25) is 4.79 Å². The van der Waals surface area contributed by atoms with E-state index >= 15 is 0 Å². The van der Waals surface area contributed by atoms with E-state index in [2.05, 4.69) is 10.2 Å². The van der Waals surface area contributed by atoms with Crippen LogP contribution in [0.15, 0.2) is 0 Å². The molecule has 0 radical (unpaired) electrons. The van der Waals surface area contributed by atoms with Crippen LogP contribution in [0.25, 0.3) is 0 Å². The van der Waals surface area contributed by atoms with E-state index in [9.17, 15) is 4.79 Å². The summed E-state index contributed by atoms with van der Waals surface area (Å²) in [5.41, 5.74) is -0.412. The number of hydrogen-bond donors (Lipinski definition) is 1. The molecule has 0 saturated heterocycles. The summed E-state index contributed by atoms with van der Waals surface area (Å²) in [6, 6.07) is 0. The molecule has 0 amide bonds. The van der Waals surface area contributed by atoms with Crippen molar-refractivity contribution in [1.29, 1.82) is 0 Å². The van der Waals surface area contributed by atoms with Crippen LogP contribution < -0.4 is 5.32 Å². The van der Waals surface area contributed by atoms with Gasteiger partial charge in [0.2, 0.25) is 0 Å². The summed E-state index contributed by atoms with van der Waals surface area (Å²) in [7, 11) is 4.08. The van der Waals surface area contributed by atoms with Gasteiger partial charge in [0.15, 0.2) is 0 Å². The second-order valence-electron chi connectivity index (χ2n) is 5.09. The van der Waals surface area contributed by atoms with E-state index in [-0.39, 0.29) is 5.97 Å². The van der Waals surface area contributed by atoms with E-state index in [1.54, 1.807) is 0 Å². The predicted octanol–water partition coefficient (Wildman–Crippen LogP) is 1.40. The van der Waals surface area contributed by atoms with Gasteiger partial charge < -0.3 is 15.0 Å². The third-order valence-corrected chi connectivity index (χ3v) is 3.40. The summed E-state index contributed by atoms with van der Waals surface area (Å²) in [6.45, 7) is 4.12. The molecule has 0 aliphatic heterocycles. The van der Waals surface area contributed by atoms with Crippen molar-refractivity contribution >= 4 is 5.97 Å². The Morgan fingerprint density at radius 1 is 1.29 bits per heavy atom. The van der Waals surface area contributed by atoms with Gasteiger partial charge in [0.25, 0.3) is 0 Å². The molecule has 0 unspecified atom stereocenters. The smallest absolute Gasteiger partial charge is 0.326 e. The number of nitrogens with zero attached hydrogens (tertiary/aromatic N) is 1. The van der Waals surface area contributed by atoms with E-state index in [4.69, 9.17) is 4.74 Å². The molecular formula is C13H26N2O2. The molecule has 0 spiro atoms. The van der Waals surface area contributed by atoms with Gasteiger partial charge in [-0.2, -0.15) is 0 Å². The van der Waals surface area contributed by atoms with Crippen molar-refractivity contribution in [3.63, 3.8) is 0 Å².